The van der Waals surface area contributed by atoms with Gasteiger partial charge in [0.05, 0.1) is 11.6 Å². The van der Waals surface area contributed by atoms with Crippen molar-refractivity contribution in [2.75, 3.05) is 0 Å². The highest BCUT2D eigenvalue weighted by molar-refractivity contribution is 7.07. The summed E-state index contributed by atoms with van der Waals surface area (Å²) in [7, 11) is 0. The normalized spacial score (nSPS) is 11.7. The van der Waals surface area contributed by atoms with Gasteiger partial charge in [-0.05, 0) is 70.3 Å². The zero-order valence-electron chi connectivity index (χ0n) is 21.7. The second-order valence-corrected chi connectivity index (χ2v) is 10.3. The number of rotatable bonds is 9. The van der Waals surface area contributed by atoms with Gasteiger partial charge in [0, 0.05) is 30.1 Å². The van der Waals surface area contributed by atoms with Crippen LogP contribution in [0.15, 0.2) is 101 Å². The molecule has 0 fully saturated rings. The Kier molecular flexibility index (Phi) is 7.70. The number of fused-ring (bicyclic) bond motifs is 1. The number of hydrogen-bond acceptors (Lipinski definition) is 5. The molecule has 200 valence electrons. The van der Waals surface area contributed by atoms with Gasteiger partial charge in [0.15, 0.2) is 5.78 Å². The molecule has 5 rings (SSSR count). The fourth-order valence-electron chi connectivity index (χ4n) is 4.58. The fourth-order valence-corrected chi connectivity index (χ4v) is 5.24. The number of carboxylic acid groups (broad SMARTS) is 1. The van der Waals surface area contributed by atoms with Gasteiger partial charge >= 0.3 is 5.97 Å². The number of nitrogens with zero attached hydrogens (tertiary/aromatic N) is 1. The van der Waals surface area contributed by atoms with E-state index in [1.165, 1.54) is 17.5 Å². The third-order valence-electron chi connectivity index (χ3n) is 6.77. The van der Waals surface area contributed by atoms with Crippen LogP contribution in [0.4, 0.5) is 0 Å². The van der Waals surface area contributed by atoms with Crippen molar-refractivity contribution in [2.45, 2.75) is 25.9 Å². The number of pyridine rings is 1. The minimum atomic E-state index is -1.31. The molecule has 0 radical (unpaired) electrons. The molecule has 0 aliphatic carbocycles. The van der Waals surface area contributed by atoms with Gasteiger partial charge in [-0.1, -0.05) is 48.5 Å². The molecule has 40 heavy (non-hydrogen) atoms. The lowest BCUT2D eigenvalue weighted by atomic mass is 10.0. The van der Waals surface area contributed by atoms with Crippen molar-refractivity contribution >= 4 is 39.9 Å². The first-order valence-electron chi connectivity index (χ1n) is 12.7. The van der Waals surface area contributed by atoms with Crippen molar-refractivity contribution in [2.24, 2.45) is 0 Å². The Hall–Kier alpha value is -4.82. The number of thiophene rings is 1. The predicted molar refractivity (Wildman–Crippen MR) is 156 cm³/mol. The molecule has 1 atom stereocenters. The number of carbonyl (C=O) groups is 3. The summed E-state index contributed by atoms with van der Waals surface area (Å²) in [6, 6.07) is 23.2. The van der Waals surface area contributed by atoms with Gasteiger partial charge in [-0.15, -0.1) is 0 Å². The standard InChI is InChI=1S/C32H26N2O5S/c1-20(33-31(37)25-10-8-24(9-11-25)23-5-3-2-4-6-23)29(35)16-21-7-12-28-26(15-21)30(36)27(32(38)39)18-34(28)17-22-13-14-40-19-22/h2-15,18-20H,16-17H2,1H3,(H,33,37)(H,38,39)/t20-/m0/s1. The maximum Gasteiger partial charge on any atom is 0.341 e. The first kappa shape index (κ1) is 26.8. The van der Waals surface area contributed by atoms with Gasteiger partial charge in [0.1, 0.15) is 5.56 Å². The summed E-state index contributed by atoms with van der Waals surface area (Å²) in [5.41, 5.74) is 3.68. The number of carbonyl (C=O) groups excluding carboxylic acids is 2. The summed E-state index contributed by atoms with van der Waals surface area (Å²) < 4.78 is 1.74. The summed E-state index contributed by atoms with van der Waals surface area (Å²) in [6.07, 6.45) is 1.34. The van der Waals surface area contributed by atoms with Crippen LogP contribution in [0.25, 0.3) is 22.0 Å². The van der Waals surface area contributed by atoms with E-state index in [4.69, 9.17) is 0 Å². The molecule has 2 aromatic heterocycles. The van der Waals surface area contributed by atoms with Crippen LogP contribution in [0.3, 0.4) is 0 Å². The van der Waals surface area contributed by atoms with E-state index in [-0.39, 0.29) is 29.1 Å². The monoisotopic (exact) mass is 550 g/mol. The SMILES string of the molecule is C[C@H](NC(=O)c1ccc(-c2ccccc2)cc1)C(=O)Cc1ccc2c(c1)c(=O)c(C(=O)O)cn2Cc1ccsc1. The average molecular weight is 551 g/mol. The lowest BCUT2D eigenvalue weighted by molar-refractivity contribution is -0.119. The van der Waals surface area contributed by atoms with Crippen molar-refractivity contribution in [3.8, 4) is 11.1 Å². The van der Waals surface area contributed by atoms with Crippen molar-refractivity contribution < 1.29 is 19.5 Å². The third-order valence-corrected chi connectivity index (χ3v) is 7.50. The largest absolute Gasteiger partial charge is 0.477 e. The molecule has 8 heteroatoms. The molecule has 0 unspecified atom stereocenters. The first-order chi connectivity index (χ1) is 19.3. The van der Waals surface area contributed by atoms with Gasteiger partial charge < -0.3 is 15.0 Å². The Labute approximate surface area is 234 Å². The van der Waals surface area contributed by atoms with E-state index in [2.05, 4.69) is 5.32 Å². The highest BCUT2D eigenvalue weighted by Gasteiger charge is 2.19. The van der Waals surface area contributed by atoms with Crippen molar-refractivity contribution in [3.05, 3.63) is 128 Å². The van der Waals surface area contributed by atoms with Crippen LogP contribution in [0.1, 0.15) is 38.8 Å². The number of benzene rings is 3. The number of carboxylic acids is 1. The van der Waals surface area contributed by atoms with Crippen LogP contribution < -0.4 is 10.7 Å². The van der Waals surface area contributed by atoms with E-state index in [9.17, 15) is 24.3 Å². The van der Waals surface area contributed by atoms with Crippen LogP contribution in [0.2, 0.25) is 0 Å². The van der Waals surface area contributed by atoms with Gasteiger partial charge in [0.25, 0.3) is 5.91 Å². The zero-order chi connectivity index (χ0) is 28.2. The summed E-state index contributed by atoms with van der Waals surface area (Å²) in [5, 5.41) is 16.5. The van der Waals surface area contributed by atoms with E-state index >= 15 is 0 Å². The maximum atomic E-state index is 13.0. The Balaban J connectivity index is 1.32. The molecule has 0 saturated heterocycles. The minimum absolute atomic E-state index is 0.0222. The topological polar surface area (TPSA) is 105 Å². The quantitative estimate of drug-likeness (QED) is 0.255. The van der Waals surface area contributed by atoms with E-state index in [1.54, 1.807) is 41.8 Å². The smallest absolute Gasteiger partial charge is 0.341 e. The van der Waals surface area contributed by atoms with E-state index in [0.717, 1.165) is 16.7 Å². The Morgan fingerprint density at radius 3 is 2.33 bits per heavy atom. The molecule has 1 amide bonds. The molecule has 2 heterocycles. The summed E-state index contributed by atoms with van der Waals surface area (Å²) >= 11 is 1.53. The highest BCUT2D eigenvalue weighted by Crippen LogP contribution is 2.20. The molecular weight excluding hydrogens is 524 g/mol. The van der Waals surface area contributed by atoms with Gasteiger partial charge in [-0.25, -0.2) is 4.79 Å². The summed E-state index contributed by atoms with van der Waals surface area (Å²) in [6.45, 7) is 2.03. The molecule has 0 aliphatic heterocycles. The number of ketones is 1. The van der Waals surface area contributed by atoms with Crippen molar-refractivity contribution in [1.29, 1.82) is 0 Å². The molecular formula is C32H26N2O5S. The van der Waals surface area contributed by atoms with Crippen LogP contribution in [-0.4, -0.2) is 33.4 Å². The third kappa shape index (κ3) is 5.77. The summed E-state index contributed by atoms with van der Waals surface area (Å²) in [5.74, 6) is -1.90. The Morgan fingerprint density at radius 1 is 0.925 bits per heavy atom. The lowest BCUT2D eigenvalue weighted by Crippen LogP contribution is -2.39. The predicted octanol–water partition coefficient (Wildman–Crippen LogP) is 5.41. The van der Waals surface area contributed by atoms with E-state index in [0.29, 0.717) is 23.2 Å². The number of nitrogens with one attached hydrogen (secondary N) is 1. The van der Waals surface area contributed by atoms with Crippen LogP contribution in [-0.2, 0) is 17.8 Å². The van der Waals surface area contributed by atoms with E-state index < -0.39 is 17.4 Å². The van der Waals surface area contributed by atoms with Crippen LogP contribution >= 0.6 is 11.3 Å². The number of amides is 1. The number of Topliss-reactive ketones (excluding diaryl/α,β-unsaturated/α-hetero) is 1. The van der Waals surface area contributed by atoms with Crippen molar-refractivity contribution in [1.82, 2.24) is 9.88 Å². The molecule has 0 aliphatic rings. The number of aromatic carboxylic acids is 1. The maximum absolute atomic E-state index is 13.0. The zero-order valence-corrected chi connectivity index (χ0v) is 22.5. The van der Waals surface area contributed by atoms with Gasteiger partial charge in [-0.2, -0.15) is 11.3 Å². The van der Waals surface area contributed by atoms with Gasteiger partial charge in [0.2, 0.25) is 5.43 Å². The molecule has 3 aromatic carbocycles. The highest BCUT2D eigenvalue weighted by atomic mass is 32.1. The second-order valence-electron chi connectivity index (χ2n) is 9.57. The van der Waals surface area contributed by atoms with Crippen LogP contribution in [0.5, 0.6) is 0 Å². The molecule has 2 N–H and O–H groups in total. The fraction of sp³-hybridized carbons (Fsp3) is 0.125. The molecule has 0 bridgehead atoms. The average Bonchev–Trinajstić information content (AvgIpc) is 3.48. The molecule has 5 aromatic rings. The Morgan fingerprint density at radius 2 is 1.65 bits per heavy atom. The number of hydrogen-bond donors (Lipinski definition) is 2. The van der Waals surface area contributed by atoms with Crippen LogP contribution in [0, 0.1) is 0 Å². The van der Waals surface area contributed by atoms with Crippen molar-refractivity contribution in [3.63, 3.8) is 0 Å². The number of aromatic nitrogens is 1. The molecule has 0 saturated carbocycles. The second kappa shape index (κ2) is 11.5. The lowest BCUT2D eigenvalue weighted by Gasteiger charge is -2.15. The van der Waals surface area contributed by atoms with E-state index in [1.807, 2.05) is 59.3 Å². The van der Waals surface area contributed by atoms with Gasteiger partial charge in [-0.3, -0.25) is 14.4 Å². The molecule has 0 spiro atoms. The molecule has 7 nitrogen and oxygen atoms in total. The Bertz CT molecular complexity index is 1760. The minimum Gasteiger partial charge on any atom is -0.477 e. The summed E-state index contributed by atoms with van der Waals surface area (Å²) in [4.78, 5) is 50.5. The first-order valence-corrected chi connectivity index (χ1v) is 13.6.